The highest BCUT2D eigenvalue weighted by Crippen LogP contribution is 2.19. The van der Waals surface area contributed by atoms with Crippen molar-refractivity contribution in [2.75, 3.05) is 0 Å². The number of hydrogen-bond donors (Lipinski definition) is 0. The minimum atomic E-state index is 0.186. The van der Waals surface area contributed by atoms with Gasteiger partial charge in [0.25, 0.3) is 0 Å². The van der Waals surface area contributed by atoms with Gasteiger partial charge < -0.3 is 0 Å². The van der Waals surface area contributed by atoms with Crippen LogP contribution in [0.1, 0.15) is 55.1 Å². The van der Waals surface area contributed by atoms with E-state index in [1.807, 2.05) is 12.1 Å². The first-order valence-electron chi connectivity index (χ1n) is 6.10. The fourth-order valence-electron chi connectivity index (χ4n) is 2.07. The fraction of sp³-hybridized carbons (Fsp3) is 0.467. The number of carbonyl (C=O) groups excluding carboxylic acids is 1. The number of unbranched alkanes of at least 4 members (excludes halogenated alkanes) is 2. The van der Waals surface area contributed by atoms with Crippen molar-refractivity contribution in [1.82, 2.24) is 0 Å². The van der Waals surface area contributed by atoms with E-state index >= 15 is 0 Å². The monoisotopic (exact) mass is 217 g/mol. The second kappa shape index (κ2) is 6.47. The van der Waals surface area contributed by atoms with Gasteiger partial charge in [0, 0.05) is 5.56 Å². The van der Waals surface area contributed by atoms with Crippen molar-refractivity contribution in [1.29, 1.82) is 0 Å². The molecule has 1 aromatic carbocycles. The Balaban J connectivity index is 2.95. The van der Waals surface area contributed by atoms with Crippen LogP contribution in [-0.4, -0.2) is 5.78 Å². The van der Waals surface area contributed by atoms with Crippen molar-refractivity contribution in [2.45, 2.75) is 46.5 Å². The number of aryl methyl sites for hydroxylation is 1. The Morgan fingerprint density at radius 1 is 1.38 bits per heavy atom. The van der Waals surface area contributed by atoms with Crippen molar-refractivity contribution in [3.63, 3.8) is 0 Å². The van der Waals surface area contributed by atoms with E-state index in [-0.39, 0.29) is 5.78 Å². The first-order valence-corrected chi connectivity index (χ1v) is 6.10. The lowest BCUT2D eigenvalue weighted by Crippen LogP contribution is -2.03. The van der Waals surface area contributed by atoms with Crippen molar-refractivity contribution < 1.29 is 4.79 Å². The summed E-state index contributed by atoms with van der Waals surface area (Å²) in [5.74, 6) is 0.186. The largest absolute Gasteiger partial charge is 0.295 e. The SMILES string of the molecule is C[CH]CCCc1c(CC)cccc1C(C)=O. The second-order valence-electron chi connectivity index (χ2n) is 4.15. The molecular weight excluding hydrogens is 196 g/mol. The molecule has 0 N–H and O–H groups in total. The van der Waals surface area contributed by atoms with Gasteiger partial charge in [0.2, 0.25) is 0 Å². The van der Waals surface area contributed by atoms with E-state index < -0.39 is 0 Å². The number of benzene rings is 1. The topological polar surface area (TPSA) is 17.1 Å². The van der Waals surface area contributed by atoms with Crippen LogP contribution in [0.15, 0.2) is 18.2 Å². The average Bonchev–Trinajstić information content (AvgIpc) is 2.29. The quantitative estimate of drug-likeness (QED) is 0.520. The molecule has 0 amide bonds. The molecule has 0 aliphatic heterocycles. The molecule has 1 nitrogen and oxygen atoms in total. The molecule has 0 fully saturated rings. The molecule has 0 aliphatic rings. The summed E-state index contributed by atoms with van der Waals surface area (Å²) in [5.41, 5.74) is 3.50. The molecule has 0 spiro atoms. The van der Waals surface area contributed by atoms with Crippen LogP contribution in [0.5, 0.6) is 0 Å². The van der Waals surface area contributed by atoms with E-state index in [0.717, 1.165) is 31.2 Å². The van der Waals surface area contributed by atoms with Crippen molar-refractivity contribution in [3.05, 3.63) is 41.3 Å². The zero-order valence-corrected chi connectivity index (χ0v) is 10.5. The minimum Gasteiger partial charge on any atom is -0.295 e. The standard InChI is InChI=1S/C15H21O/c1-4-6-7-10-15-13(5-2)9-8-11-14(15)12(3)16/h4,8-9,11H,5-7,10H2,1-3H3. The van der Waals surface area contributed by atoms with Crippen molar-refractivity contribution >= 4 is 5.78 Å². The summed E-state index contributed by atoms with van der Waals surface area (Å²) in [7, 11) is 0. The van der Waals surface area contributed by atoms with Crippen LogP contribution in [0.3, 0.4) is 0 Å². The van der Waals surface area contributed by atoms with Crippen LogP contribution in [0, 0.1) is 6.42 Å². The summed E-state index contributed by atoms with van der Waals surface area (Å²) in [6.45, 7) is 5.89. The Labute approximate surface area is 98.9 Å². The first kappa shape index (κ1) is 13.0. The maximum atomic E-state index is 11.6. The normalized spacial score (nSPS) is 10.4. The lowest BCUT2D eigenvalue weighted by Gasteiger charge is -2.11. The predicted octanol–water partition coefficient (Wildman–Crippen LogP) is 4.00. The van der Waals surface area contributed by atoms with Crippen LogP contribution >= 0.6 is 0 Å². The fourth-order valence-corrected chi connectivity index (χ4v) is 2.07. The number of Topliss-reactive ketones (excluding diaryl/α,β-unsaturated/α-hetero) is 1. The van der Waals surface area contributed by atoms with Gasteiger partial charge in [0.05, 0.1) is 0 Å². The first-order chi connectivity index (χ1) is 7.70. The van der Waals surface area contributed by atoms with Gasteiger partial charge in [-0.25, -0.2) is 0 Å². The summed E-state index contributed by atoms with van der Waals surface area (Å²) in [6, 6.07) is 6.08. The Bertz CT molecular complexity index is 352. The highest BCUT2D eigenvalue weighted by Gasteiger charge is 2.10. The predicted molar refractivity (Wildman–Crippen MR) is 68.7 cm³/mol. The van der Waals surface area contributed by atoms with Crippen LogP contribution in [0.4, 0.5) is 0 Å². The van der Waals surface area contributed by atoms with E-state index in [1.165, 1.54) is 11.1 Å². The molecule has 0 aliphatic carbocycles. The third-order valence-electron chi connectivity index (χ3n) is 2.95. The molecule has 16 heavy (non-hydrogen) atoms. The van der Waals surface area contributed by atoms with Gasteiger partial charge in [-0.05, 0) is 43.7 Å². The maximum Gasteiger partial charge on any atom is 0.160 e. The Hall–Kier alpha value is -1.11. The Morgan fingerprint density at radius 3 is 2.69 bits per heavy atom. The molecule has 0 saturated carbocycles. The smallest absolute Gasteiger partial charge is 0.160 e. The molecule has 0 atom stereocenters. The summed E-state index contributed by atoms with van der Waals surface area (Å²) < 4.78 is 0. The Kier molecular flexibility index (Phi) is 5.24. The number of rotatable bonds is 6. The molecule has 1 heteroatoms. The van der Waals surface area contributed by atoms with E-state index in [9.17, 15) is 4.79 Å². The van der Waals surface area contributed by atoms with E-state index in [0.29, 0.717) is 0 Å². The van der Waals surface area contributed by atoms with Gasteiger partial charge >= 0.3 is 0 Å². The van der Waals surface area contributed by atoms with Crippen LogP contribution in [0.2, 0.25) is 0 Å². The summed E-state index contributed by atoms with van der Waals surface area (Å²) in [6.07, 6.45) is 6.46. The molecule has 87 valence electrons. The molecule has 0 aromatic heterocycles. The maximum absolute atomic E-state index is 11.6. The van der Waals surface area contributed by atoms with E-state index in [4.69, 9.17) is 0 Å². The summed E-state index contributed by atoms with van der Waals surface area (Å²) in [5, 5.41) is 0. The highest BCUT2D eigenvalue weighted by atomic mass is 16.1. The van der Waals surface area contributed by atoms with Crippen molar-refractivity contribution in [2.24, 2.45) is 0 Å². The molecule has 0 unspecified atom stereocenters. The lowest BCUT2D eigenvalue weighted by atomic mass is 9.93. The second-order valence-corrected chi connectivity index (χ2v) is 4.15. The average molecular weight is 217 g/mol. The Morgan fingerprint density at radius 2 is 2.12 bits per heavy atom. The van der Waals surface area contributed by atoms with Crippen LogP contribution < -0.4 is 0 Å². The van der Waals surface area contributed by atoms with Gasteiger partial charge in [-0.2, -0.15) is 0 Å². The van der Waals surface area contributed by atoms with Gasteiger partial charge in [0.1, 0.15) is 0 Å². The number of carbonyl (C=O) groups is 1. The molecule has 1 rings (SSSR count). The van der Waals surface area contributed by atoms with Crippen molar-refractivity contribution in [3.8, 4) is 0 Å². The van der Waals surface area contributed by atoms with E-state index in [1.54, 1.807) is 6.92 Å². The minimum absolute atomic E-state index is 0.186. The van der Waals surface area contributed by atoms with Crippen LogP contribution in [-0.2, 0) is 12.8 Å². The molecule has 0 saturated heterocycles. The number of hydrogen-bond acceptors (Lipinski definition) is 1. The zero-order valence-electron chi connectivity index (χ0n) is 10.5. The molecular formula is C15H21O. The summed E-state index contributed by atoms with van der Waals surface area (Å²) >= 11 is 0. The highest BCUT2D eigenvalue weighted by molar-refractivity contribution is 5.95. The third kappa shape index (κ3) is 3.19. The zero-order chi connectivity index (χ0) is 12.0. The summed E-state index contributed by atoms with van der Waals surface area (Å²) in [4.78, 5) is 11.6. The lowest BCUT2D eigenvalue weighted by molar-refractivity contribution is 0.101. The number of ketones is 1. The third-order valence-corrected chi connectivity index (χ3v) is 2.95. The van der Waals surface area contributed by atoms with Gasteiger partial charge in [-0.1, -0.05) is 38.5 Å². The molecule has 0 bridgehead atoms. The van der Waals surface area contributed by atoms with Gasteiger partial charge in [-0.15, -0.1) is 0 Å². The van der Waals surface area contributed by atoms with E-state index in [2.05, 4.69) is 26.3 Å². The molecule has 1 aromatic rings. The van der Waals surface area contributed by atoms with Gasteiger partial charge in [0.15, 0.2) is 5.78 Å². The van der Waals surface area contributed by atoms with Gasteiger partial charge in [-0.3, -0.25) is 4.79 Å². The van der Waals surface area contributed by atoms with Crippen LogP contribution in [0.25, 0.3) is 0 Å². The molecule has 0 heterocycles. The molecule has 1 radical (unpaired) electrons.